The van der Waals surface area contributed by atoms with Crippen LogP contribution >= 0.6 is 11.3 Å². The maximum Gasteiger partial charge on any atom is 0.158 e. The predicted octanol–water partition coefficient (Wildman–Crippen LogP) is 3.45. The minimum Gasteiger partial charge on any atom is -0.373 e. The van der Waals surface area contributed by atoms with Gasteiger partial charge in [0.25, 0.3) is 0 Å². The van der Waals surface area contributed by atoms with Crippen molar-refractivity contribution in [1.82, 2.24) is 9.97 Å². The average molecular weight is 309 g/mol. The van der Waals surface area contributed by atoms with Crippen molar-refractivity contribution in [3.63, 3.8) is 0 Å². The molecule has 0 atom stereocenters. The normalized spacial score (nSPS) is 12.0. The molecule has 0 amide bonds. The summed E-state index contributed by atoms with van der Waals surface area (Å²) in [5, 5.41) is 6.37. The molecule has 6 heteroatoms. The number of fused-ring (bicyclic) bond motifs is 1. The first-order valence-corrected chi connectivity index (χ1v) is 8.07. The van der Waals surface area contributed by atoms with E-state index in [1.54, 1.807) is 11.3 Å². The van der Waals surface area contributed by atoms with Crippen molar-refractivity contribution >= 4 is 27.4 Å². The summed E-state index contributed by atoms with van der Waals surface area (Å²) in [7, 11) is 0. The van der Waals surface area contributed by atoms with Gasteiger partial charge in [-0.15, -0.1) is 11.3 Å². The molecular formula is C15H23N3O2S. The lowest BCUT2D eigenvalue weighted by Gasteiger charge is -2.19. The number of hydrogen-bond donors (Lipinski definition) is 1. The molecule has 0 unspecified atom stereocenters. The van der Waals surface area contributed by atoms with Crippen LogP contribution in [0.25, 0.3) is 10.2 Å². The summed E-state index contributed by atoms with van der Waals surface area (Å²) in [5.41, 5.74) is -0.131. The van der Waals surface area contributed by atoms with Crippen LogP contribution in [0.4, 0.5) is 5.82 Å². The Balaban J connectivity index is 1.92. The SMILES string of the molecule is CCNc1nc(COCCOC(C)(C)C)nc2sccc12. The van der Waals surface area contributed by atoms with E-state index in [9.17, 15) is 0 Å². The number of rotatable bonds is 7. The van der Waals surface area contributed by atoms with E-state index >= 15 is 0 Å². The molecule has 0 bridgehead atoms. The van der Waals surface area contributed by atoms with Gasteiger partial charge in [-0.05, 0) is 39.1 Å². The third-order valence-corrected chi connectivity index (χ3v) is 3.52. The van der Waals surface area contributed by atoms with Gasteiger partial charge >= 0.3 is 0 Å². The molecular weight excluding hydrogens is 286 g/mol. The number of nitrogens with zero attached hydrogens (tertiary/aromatic N) is 2. The van der Waals surface area contributed by atoms with Gasteiger partial charge in [0.1, 0.15) is 17.3 Å². The third-order valence-electron chi connectivity index (χ3n) is 2.71. The van der Waals surface area contributed by atoms with Crippen LogP contribution < -0.4 is 5.32 Å². The van der Waals surface area contributed by atoms with E-state index in [2.05, 4.69) is 22.2 Å². The first-order valence-electron chi connectivity index (χ1n) is 7.19. The zero-order valence-corrected chi connectivity index (χ0v) is 13.9. The third kappa shape index (κ3) is 4.91. The van der Waals surface area contributed by atoms with Gasteiger partial charge in [-0.25, -0.2) is 9.97 Å². The van der Waals surface area contributed by atoms with Crippen LogP contribution in [0.5, 0.6) is 0 Å². The van der Waals surface area contributed by atoms with Crippen LogP contribution in [-0.2, 0) is 16.1 Å². The van der Waals surface area contributed by atoms with Gasteiger partial charge in [0.2, 0.25) is 0 Å². The van der Waals surface area contributed by atoms with E-state index < -0.39 is 0 Å². The molecule has 2 aromatic heterocycles. The lowest BCUT2D eigenvalue weighted by atomic mass is 10.2. The number of hydrogen-bond acceptors (Lipinski definition) is 6. The van der Waals surface area contributed by atoms with Gasteiger partial charge in [-0.1, -0.05) is 0 Å². The summed E-state index contributed by atoms with van der Waals surface area (Å²) < 4.78 is 11.2. The van der Waals surface area contributed by atoms with Crippen LogP contribution in [0.3, 0.4) is 0 Å². The number of ether oxygens (including phenoxy) is 2. The maximum atomic E-state index is 5.61. The molecule has 0 aliphatic carbocycles. The molecule has 2 heterocycles. The molecule has 5 nitrogen and oxygen atoms in total. The van der Waals surface area contributed by atoms with E-state index in [0.717, 1.165) is 22.6 Å². The van der Waals surface area contributed by atoms with Crippen LogP contribution in [0, 0.1) is 0 Å². The van der Waals surface area contributed by atoms with E-state index in [1.165, 1.54) is 0 Å². The molecule has 116 valence electrons. The fourth-order valence-electron chi connectivity index (χ4n) is 1.84. The highest BCUT2D eigenvalue weighted by atomic mass is 32.1. The maximum absolute atomic E-state index is 5.61. The second-order valence-electron chi connectivity index (χ2n) is 5.67. The number of anilines is 1. The summed E-state index contributed by atoms with van der Waals surface area (Å²) in [6.07, 6.45) is 0. The Kier molecular flexibility index (Phi) is 5.50. The van der Waals surface area contributed by atoms with E-state index in [4.69, 9.17) is 9.47 Å². The zero-order valence-electron chi connectivity index (χ0n) is 13.1. The van der Waals surface area contributed by atoms with Gasteiger partial charge in [0.05, 0.1) is 24.2 Å². The van der Waals surface area contributed by atoms with Crippen LogP contribution in [-0.4, -0.2) is 35.3 Å². The standard InChI is InChI=1S/C15H23N3O2S/c1-5-16-13-11-6-9-21-14(11)18-12(17-13)10-19-7-8-20-15(2,3)4/h6,9H,5,7-8,10H2,1-4H3,(H,16,17,18). The van der Waals surface area contributed by atoms with E-state index in [1.807, 2.05) is 32.2 Å². The molecule has 0 aliphatic rings. The van der Waals surface area contributed by atoms with Crippen molar-refractivity contribution < 1.29 is 9.47 Å². The Hall–Kier alpha value is -1.24. The van der Waals surface area contributed by atoms with Crippen molar-refractivity contribution in [2.75, 3.05) is 25.1 Å². The van der Waals surface area contributed by atoms with E-state index in [0.29, 0.717) is 25.6 Å². The van der Waals surface area contributed by atoms with Crippen molar-refractivity contribution in [2.45, 2.75) is 39.9 Å². The molecule has 1 N–H and O–H groups in total. The molecule has 0 saturated heterocycles. The fourth-order valence-corrected chi connectivity index (χ4v) is 2.62. The smallest absolute Gasteiger partial charge is 0.158 e. The summed E-state index contributed by atoms with van der Waals surface area (Å²) in [6.45, 7) is 10.5. The van der Waals surface area contributed by atoms with Crippen molar-refractivity contribution in [3.05, 3.63) is 17.3 Å². The molecule has 2 rings (SSSR count). The number of thiophene rings is 1. The van der Waals surface area contributed by atoms with Gasteiger partial charge in [-0.3, -0.25) is 0 Å². The van der Waals surface area contributed by atoms with E-state index in [-0.39, 0.29) is 5.60 Å². The average Bonchev–Trinajstić information content (AvgIpc) is 2.86. The lowest BCUT2D eigenvalue weighted by molar-refractivity contribution is -0.0383. The van der Waals surface area contributed by atoms with Gasteiger partial charge in [-0.2, -0.15) is 0 Å². The minimum atomic E-state index is -0.131. The molecule has 21 heavy (non-hydrogen) atoms. The van der Waals surface area contributed by atoms with Crippen molar-refractivity contribution in [2.24, 2.45) is 0 Å². The summed E-state index contributed by atoms with van der Waals surface area (Å²) >= 11 is 1.62. The predicted molar refractivity (Wildman–Crippen MR) is 86.9 cm³/mol. The summed E-state index contributed by atoms with van der Waals surface area (Å²) in [5.74, 6) is 1.59. The fraction of sp³-hybridized carbons (Fsp3) is 0.600. The second kappa shape index (κ2) is 7.15. The van der Waals surface area contributed by atoms with Crippen LogP contribution in [0.15, 0.2) is 11.4 Å². The number of nitrogens with one attached hydrogen (secondary N) is 1. The highest BCUT2D eigenvalue weighted by Gasteiger charge is 2.10. The Bertz CT molecular complexity index is 578. The van der Waals surface area contributed by atoms with Crippen LogP contribution in [0.1, 0.15) is 33.5 Å². The van der Waals surface area contributed by atoms with Gasteiger partial charge in [0, 0.05) is 6.54 Å². The summed E-state index contributed by atoms with van der Waals surface area (Å²) in [6, 6.07) is 2.04. The largest absolute Gasteiger partial charge is 0.373 e. The highest BCUT2D eigenvalue weighted by molar-refractivity contribution is 7.16. The van der Waals surface area contributed by atoms with Crippen LogP contribution in [0.2, 0.25) is 0 Å². The molecule has 0 radical (unpaired) electrons. The van der Waals surface area contributed by atoms with Gasteiger partial charge in [0.15, 0.2) is 5.82 Å². The topological polar surface area (TPSA) is 56.3 Å². The molecule has 0 fully saturated rings. The second-order valence-corrected chi connectivity index (χ2v) is 6.57. The molecule has 0 spiro atoms. The first-order chi connectivity index (χ1) is 9.99. The Morgan fingerprint density at radius 1 is 1.24 bits per heavy atom. The monoisotopic (exact) mass is 309 g/mol. The summed E-state index contributed by atoms with van der Waals surface area (Å²) in [4.78, 5) is 10.0. The Labute approximate surface area is 129 Å². The zero-order chi connectivity index (χ0) is 15.3. The molecule has 2 aromatic rings. The molecule has 0 saturated carbocycles. The Morgan fingerprint density at radius 3 is 2.76 bits per heavy atom. The first kappa shape index (κ1) is 16.1. The molecule has 0 aliphatic heterocycles. The quantitative estimate of drug-likeness (QED) is 0.794. The highest BCUT2D eigenvalue weighted by Crippen LogP contribution is 2.25. The number of aromatic nitrogens is 2. The minimum absolute atomic E-state index is 0.131. The Morgan fingerprint density at radius 2 is 2.05 bits per heavy atom. The lowest BCUT2D eigenvalue weighted by Crippen LogP contribution is -2.21. The van der Waals surface area contributed by atoms with Crippen molar-refractivity contribution in [3.8, 4) is 0 Å². The van der Waals surface area contributed by atoms with Gasteiger partial charge < -0.3 is 14.8 Å². The molecule has 0 aromatic carbocycles. The van der Waals surface area contributed by atoms with Crippen molar-refractivity contribution in [1.29, 1.82) is 0 Å².